The Kier molecular flexibility index (Phi) is 3.17. The molecular formula is C17H21NO4. The number of nitrogens with zero attached hydrogens (tertiary/aromatic N) is 1. The van der Waals surface area contributed by atoms with Crippen LogP contribution in [0.4, 0.5) is 4.79 Å². The van der Waals surface area contributed by atoms with Crippen LogP contribution in [0.15, 0.2) is 18.2 Å². The van der Waals surface area contributed by atoms with Crippen LogP contribution in [-0.2, 0) is 10.2 Å². The van der Waals surface area contributed by atoms with Crippen molar-refractivity contribution in [1.29, 1.82) is 0 Å². The maximum Gasteiger partial charge on any atom is 0.409 e. The number of fused-ring (bicyclic) bond motifs is 2. The highest BCUT2D eigenvalue weighted by molar-refractivity contribution is 5.69. The normalized spacial score (nSPS) is 29.3. The van der Waals surface area contributed by atoms with Crippen molar-refractivity contribution < 1.29 is 19.0 Å². The number of hydrogen-bond donors (Lipinski definition) is 0. The first-order valence-electron chi connectivity index (χ1n) is 7.99. The summed E-state index contributed by atoms with van der Waals surface area (Å²) < 4.78 is 15.9. The number of benzene rings is 1. The zero-order valence-electron chi connectivity index (χ0n) is 12.8. The molecule has 1 aromatic rings. The SMILES string of the molecule is COC(=O)N1CC[C@@]2(c3ccc4c(c3)OCO4)CCCC[C@@H]12. The van der Waals surface area contributed by atoms with Gasteiger partial charge in [0.15, 0.2) is 11.5 Å². The van der Waals surface area contributed by atoms with E-state index in [-0.39, 0.29) is 17.6 Å². The Morgan fingerprint density at radius 2 is 2.14 bits per heavy atom. The lowest BCUT2D eigenvalue weighted by Crippen LogP contribution is -2.47. The first kappa shape index (κ1) is 13.7. The molecule has 2 heterocycles. The third kappa shape index (κ3) is 1.87. The van der Waals surface area contributed by atoms with Crippen molar-refractivity contribution in [3.05, 3.63) is 23.8 Å². The predicted octanol–water partition coefficient (Wildman–Crippen LogP) is 3.07. The van der Waals surface area contributed by atoms with Crippen molar-refractivity contribution in [2.24, 2.45) is 0 Å². The topological polar surface area (TPSA) is 48.0 Å². The third-order valence-corrected chi connectivity index (χ3v) is 5.52. The lowest BCUT2D eigenvalue weighted by molar-refractivity contribution is 0.0992. The molecular weight excluding hydrogens is 282 g/mol. The van der Waals surface area contributed by atoms with Crippen LogP contribution in [0.1, 0.15) is 37.7 Å². The Hall–Kier alpha value is -1.91. The van der Waals surface area contributed by atoms with Crippen LogP contribution in [0.3, 0.4) is 0 Å². The molecule has 2 atom stereocenters. The third-order valence-electron chi connectivity index (χ3n) is 5.52. The first-order valence-corrected chi connectivity index (χ1v) is 7.99. The minimum atomic E-state index is -0.200. The van der Waals surface area contributed by atoms with Gasteiger partial charge in [-0.15, -0.1) is 0 Å². The predicted molar refractivity (Wildman–Crippen MR) is 80.2 cm³/mol. The smallest absolute Gasteiger partial charge is 0.409 e. The summed E-state index contributed by atoms with van der Waals surface area (Å²) in [5.74, 6) is 1.64. The Labute approximate surface area is 130 Å². The summed E-state index contributed by atoms with van der Waals surface area (Å²) in [6.45, 7) is 1.06. The monoisotopic (exact) mass is 303 g/mol. The summed E-state index contributed by atoms with van der Waals surface area (Å²) in [5.41, 5.74) is 1.31. The largest absolute Gasteiger partial charge is 0.454 e. The van der Waals surface area contributed by atoms with E-state index in [2.05, 4.69) is 12.1 Å². The minimum absolute atomic E-state index is 0.0351. The van der Waals surface area contributed by atoms with Gasteiger partial charge in [-0.05, 0) is 37.0 Å². The first-order chi connectivity index (χ1) is 10.7. The molecule has 1 saturated carbocycles. The number of likely N-dealkylation sites (tertiary alicyclic amines) is 1. The molecule has 1 aromatic carbocycles. The van der Waals surface area contributed by atoms with E-state index < -0.39 is 0 Å². The number of carbonyl (C=O) groups is 1. The molecule has 3 aliphatic rings. The van der Waals surface area contributed by atoms with Crippen LogP contribution in [0.25, 0.3) is 0 Å². The molecule has 0 bridgehead atoms. The number of amides is 1. The van der Waals surface area contributed by atoms with Crippen molar-refractivity contribution in [2.45, 2.75) is 43.6 Å². The van der Waals surface area contributed by atoms with Gasteiger partial charge in [0, 0.05) is 18.0 Å². The van der Waals surface area contributed by atoms with Gasteiger partial charge in [0.05, 0.1) is 7.11 Å². The van der Waals surface area contributed by atoms with Crippen LogP contribution in [0.2, 0.25) is 0 Å². The van der Waals surface area contributed by atoms with Crippen LogP contribution in [0.5, 0.6) is 11.5 Å². The van der Waals surface area contributed by atoms with Gasteiger partial charge in [0.25, 0.3) is 0 Å². The molecule has 2 fully saturated rings. The van der Waals surface area contributed by atoms with E-state index in [4.69, 9.17) is 14.2 Å². The van der Waals surface area contributed by atoms with Crippen LogP contribution in [0, 0.1) is 0 Å². The molecule has 5 nitrogen and oxygen atoms in total. The van der Waals surface area contributed by atoms with Gasteiger partial charge in [-0.3, -0.25) is 0 Å². The Balaban J connectivity index is 1.72. The molecule has 1 aliphatic carbocycles. The van der Waals surface area contributed by atoms with Crippen LogP contribution < -0.4 is 9.47 Å². The molecule has 0 aromatic heterocycles. The number of carbonyl (C=O) groups excluding carboxylic acids is 1. The molecule has 2 aliphatic heterocycles. The molecule has 1 saturated heterocycles. The van der Waals surface area contributed by atoms with Gasteiger partial charge in [0.1, 0.15) is 0 Å². The second kappa shape index (κ2) is 5.07. The number of ether oxygens (including phenoxy) is 3. The van der Waals surface area contributed by atoms with Gasteiger partial charge in [-0.2, -0.15) is 0 Å². The van der Waals surface area contributed by atoms with Gasteiger partial charge >= 0.3 is 6.09 Å². The van der Waals surface area contributed by atoms with E-state index in [0.29, 0.717) is 6.79 Å². The highest BCUT2D eigenvalue weighted by Gasteiger charge is 2.51. The maximum atomic E-state index is 12.1. The van der Waals surface area contributed by atoms with Crippen molar-refractivity contribution in [3.8, 4) is 11.5 Å². The van der Waals surface area contributed by atoms with Gasteiger partial charge in [-0.25, -0.2) is 4.79 Å². The molecule has 0 N–H and O–H groups in total. The lowest BCUT2D eigenvalue weighted by Gasteiger charge is -2.41. The Bertz CT molecular complexity index is 602. The van der Waals surface area contributed by atoms with E-state index in [1.54, 1.807) is 0 Å². The fraction of sp³-hybridized carbons (Fsp3) is 0.588. The summed E-state index contributed by atoms with van der Waals surface area (Å²) in [6, 6.07) is 6.49. The highest BCUT2D eigenvalue weighted by Crippen LogP contribution is 2.50. The summed E-state index contributed by atoms with van der Waals surface area (Å²) in [6.07, 6.45) is 5.33. The second-order valence-electron chi connectivity index (χ2n) is 6.40. The van der Waals surface area contributed by atoms with Crippen molar-refractivity contribution in [1.82, 2.24) is 4.90 Å². The Morgan fingerprint density at radius 3 is 3.00 bits per heavy atom. The standard InChI is InChI=1S/C17H21NO4/c1-20-16(19)18-9-8-17(7-3-2-4-15(17)18)12-5-6-13-14(10-12)22-11-21-13/h5-6,10,15H,2-4,7-9,11H2,1H3/t15-,17-/m1/s1. The molecule has 22 heavy (non-hydrogen) atoms. The molecule has 5 heteroatoms. The molecule has 0 unspecified atom stereocenters. The molecule has 1 amide bonds. The van der Waals surface area contributed by atoms with Crippen LogP contribution >= 0.6 is 0 Å². The van der Waals surface area contributed by atoms with Gasteiger partial charge < -0.3 is 19.1 Å². The number of methoxy groups -OCH3 is 1. The average molecular weight is 303 g/mol. The van der Waals surface area contributed by atoms with Gasteiger partial charge in [-0.1, -0.05) is 18.9 Å². The summed E-state index contributed by atoms with van der Waals surface area (Å²) in [7, 11) is 1.46. The molecule has 118 valence electrons. The zero-order chi connectivity index (χ0) is 15.2. The highest BCUT2D eigenvalue weighted by atomic mass is 16.7. The van der Waals surface area contributed by atoms with E-state index in [9.17, 15) is 4.79 Å². The van der Waals surface area contributed by atoms with E-state index in [0.717, 1.165) is 37.3 Å². The quantitative estimate of drug-likeness (QED) is 0.800. The fourth-order valence-corrected chi connectivity index (χ4v) is 4.47. The number of rotatable bonds is 1. The van der Waals surface area contributed by atoms with Crippen LogP contribution in [-0.4, -0.2) is 37.5 Å². The fourth-order valence-electron chi connectivity index (χ4n) is 4.47. The second-order valence-corrected chi connectivity index (χ2v) is 6.40. The lowest BCUT2D eigenvalue weighted by atomic mass is 9.66. The van der Waals surface area contributed by atoms with Crippen molar-refractivity contribution >= 4 is 6.09 Å². The van der Waals surface area contributed by atoms with Gasteiger partial charge in [0.2, 0.25) is 6.79 Å². The van der Waals surface area contributed by atoms with E-state index in [1.807, 2.05) is 11.0 Å². The Morgan fingerprint density at radius 1 is 1.27 bits per heavy atom. The molecule has 4 rings (SSSR count). The summed E-state index contributed by atoms with van der Waals surface area (Å²) in [5, 5.41) is 0. The molecule has 0 radical (unpaired) electrons. The molecule has 0 spiro atoms. The zero-order valence-corrected chi connectivity index (χ0v) is 12.8. The average Bonchev–Trinajstić information content (AvgIpc) is 3.18. The van der Waals surface area contributed by atoms with E-state index in [1.165, 1.54) is 25.5 Å². The number of hydrogen-bond acceptors (Lipinski definition) is 4. The van der Waals surface area contributed by atoms with Crippen molar-refractivity contribution in [2.75, 3.05) is 20.4 Å². The maximum absolute atomic E-state index is 12.1. The summed E-state index contributed by atoms with van der Waals surface area (Å²) >= 11 is 0. The minimum Gasteiger partial charge on any atom is -0.454 e. The summed E-state index contributed by atoms with van der Waals surface area (Å²) in [4.78, 5) is 14.0. The van der Waals surface area contributed by atoms with E-state index >= 15 is 0 Å². The van der Waals surface area contributed by atoms with Crippen molar-refractivity contribution in [3.63, 3.8) is 0 Å².